The zero-order chi connectivity index (χ0) is 17.4. The van der Waals surface area contributed by atoms with Crippen LogP contribution in [0.2, 0.25) is 0 Å². The van der Waals surface area contributed by atoms with Crippen LogP contribution >= 0.6 is 0 Å². The summed E-state index contributed by atoms with van der Waals surface area (Å²) < 4.78 is 5.89. The van der Waals surface area contributed by atoms with Crippen molar-refractivity contribution in [3.05, 3.63) is 78.2 Å². The number of rotatable bonds is 3. The Morgan fingerprint density at radius 2 is 1.72 bits per heavy atom. The van der Waals surface area contributed by atoms with Crippen LogP contribution < -0.4 is 0 Å². The number of carbonyl (C=O) groups is 1. The summed E-state index contributed by atoms with van der Waals surface area (Å²) in [5.41, 5.74) is 2.08. The zero-order valence-electron chi connectivity index (χ0n) is 14.1. The summed E-state index contributed by atoms with van der Waals surface area (Å²) in [6, 6.07) is 21.1. The molecule has 4 nitrogen and oxygen atoms in total. The first-order valence-electron chi connectivity index (χ1n) is 8.25. The molecule has 2 aromatic heterocycles. The molecule has 2 aromatic carbocycles. The van der Waals surface area contributed by atoms with Crippen molar-refractivity contribution >= 4 is 27.8 Å². The fourth-order valence-corrected chi connectivity index (χ4v) is 2.94. The molecule has 1 amide bonds. The molecule has 0 spiro atoms. The lowest BCUT2D eigenvalue weighted by atomic mass is 10.1. The van der Waals surface area contributed by atoms with E-state index in [2.05, 4.69) is 4.98 Å². The third-order valence-electron chi connectivity index (χ3n) is 4.58. The number of hydrogen-bond acceptors (Lipinski definition) is 3. The van der Waals surface area contributed by atoms with Gasteiger partial charge in [-0.1, -0.05) is 42.5 Å². The Morgan fingerprint density at radius 3 is 2.52 bits per heavy atom. The lowest BCUT2D eigenvalue weighted by Crippen LogP contribution is -2.30. The highest BCUT2D eigenvalue weighted by atomic mass is 16.3. The van der Waals surface area contributed by atoms with E-state index >= 15 is 0 Å². The maximum absolute atomic E-state index is 12.8. The van der Waals surface area contributed by atoms with Gasteiger partial charge in [0.2, 0.25) is 0 Å². The maximum Gasteiger partial charge on any atom is 0.272 e. The monoisotopic (exact) mass is 330 g/mol. The number of carbonyl (C=O) groups excluding carboxylic acids is 1. The summed E-state index contributed by atoms with van der Waals surface area (Å²) in [5, 5.41) is 2.06. The number of nitrogens with zero attached hydrogens (tertiary/aromatic N) is 2. The molecule has 0 N–H and O–H groups in total. The first-order valence-corrected chi connectivity index (χ1v) is 8.25. The van der Waals surface area contributed by atoms with Crippen LogP contribution in [0.25, 0.3) is 21.9 Å². The highest BCUT2D eigenvalue weighted by molar-refractivity contribution is 5.95. The lowest BCUT2D eigenvalue weighted by Gasteiger charge is -2.23. The molecule has 4 heteroatoms. The van der Waals surface area contributed by atoms with E-state index in [9.17, 15) is 4.79 Å². The fraction of sp³-hybridized carbons (Fsp3) is 0.143. The minimum Gasteiger partial charge on any atom is -0.459 e. The van der Waals surface area contributed by atoms with Crippen molar-refractivity contribution in [1.82, 2.24) is 9.88 Å². The summed E-state index contributed by atoms with van der Waals surface area (Å²) >= 11 is 0. The highest BCUT2D eigenvalue weighted by Gasteiger charge is 2.22. The highest BCUT2D eigenvalue weighted by Crippen LogP contribution is 2.27. The van der Waals surface area contributed by atoms with E-state index in [-0.39, 0.29) is 11.9 Å². The lowest BCUT2D eigenvalue weighted by molar-refractivity contribution is 0.0722. The van der Waals surface area contributed by atoms with Crippen LogP contribution in [0.1, 0.15) is 29.2 Å². The van der Waals surface area contributed by atoms with E-state index < -0.39 is 0 Å². The zero-order valence-corrected chi connectivity index (χ0v) is 14.1. The molecular formula is C21H18N2O2. The van der Waals surface area contributed by atoms with Crippen molar-refractivity contribution in [2.75, 3.05) is 7.05 Å². The van der Waals surface area contributed by atoms with Gasteiger partial charge >= 0.3 is 0 Å². The second-order valence-electron chi connectivity index (χ2n) is 6.17. The van der Waals surface area contributed by atoms with Gasteiger partial charge in [-0.3, -0.25) is 4.79 Å². The van der Waals surface area contributed by atoms with Crippen molar-refractivity contribution < 1.29 is 9.21 Å². The summed E-state index contributed by atoms with van der Waals surface area (Å²) in [7, 11) is 1.77. The molecule has 4 aromatic rings. The fourth-order valence-electron chi connectivity index (χ4n) is 2.94. The van der Waals surface area contributed by atoms with Gasteiger partial charge in [0.1, 0.15) is 17.0 Å². The molecule has 0 fully saturated rings. The van der Waals surface area contributed by atoms with Crippen LogP contribution in [0.15, 0.2) is 71.1 Å². The van der Waals surface area contributed by atoms with Gasteiger partial charge in [0, 0.05) is 17.8 Å². The van der Waals surface area contributed by atoms with Crippen LogP contribution in [0.3, 0.4) is 0 Å². The van der Waals surface area contributed by atoms with E-state index in [1.165, 1.54) is 0 Å². The Morgan fingerprint density at radius 1 is 1.00 bits per heavy atom. The number of hydrogen-bond donors (Lipinski definition) is 0. The Labute approximate surface area is 145 Å². The van der Waals surface area contributed by atoms with Gasteiger partial charge in [-0.25, -0.2) is 4.98 Å². The third-order valence-corrected chi connectivity index (χ3v) is 4.58. The molecule has 124 valence electrons. The van der Waals surface area contributed by atoms with Crippen LogP contribution in [-0.2, 0) is 0 Å². The van der Waals surface area contributed by atoms with Crippen molar-refractivity contribution in [3.63, 3.8) is 0 Å². The van der Waals surface area contributed by atoms with Crippen LogP contribution in [0, 0.1) is 0 Å². The molecular weight excluding hydrogens is 312 g/mol. The largest absolute Gasteiger partial charge is 0.459 e. The molecule has 0 saturated carbocycles. The molecule has 0 saturated heterocycles. The van der Waals surface area contributed by atoms with Gasteiger partial charge in [0.25, 0.3) is 5.91 Å². The van der Waals surface area contributed by atoms with Crippen LogP contribution in [0.5, 0.6) is 0 Å². The molecule has 2 heterocycles. The maximum atomic E-state index is 12.8. The second kappa shape index (κ2) is 6.06. The topological polar surface area (TPSA) is 46.3 Å². The second-order valence-corrected chi connectivity index (χ2v) is 6.17. The molecule has 0 aliphatic heterocycles. The molecule has 1 atom stereocenters. The molecule has 25 heavy (non-hydrogen) atoms. The van der Waals surface area contributed by atoms with E-state index in [1.807, 2.05) is 67.6 Å². The van der Waals surface area contributed by atoms with Gasteiger partial charge < -0.3 is 9.32 Å². The number of benzene rings is 2. The number of pyridine rings is 1. The van der Waals surface area contributed by atoms with E-state index in [4.69, 9.17) is 4.42 Å². The number of amides is 1. The quantitative estimate of drug-likeness (QED) is 0.541. The summed E-state index contributed by atoms with van der Waals surface area (Å²) in [6.07, 6.45) is 0. The Kier molecular flexibility index (Phi) is 3.73. The first-order chi connectivity index (χ1) is 12.1. The standard InChI is InChI=1S/C21H18N2O2/c1-14(20-13-16-8-4-6-10-19(16)25-20)23(2)21(24)18-12-11-15-7-3-5-9-17(15)22-18/h3-14H,1-2H3/t14-/m1/s1. The van der Waals surface area contributed by atoms with Crippen molar-refractivity contribution in [2.24, 2.45) is 0 Å². The smallest absolute Gasteiger partial charge is 0.272 e. The van der Waals surface area contributed by atoms with Crippen LogP contribution in [-0.4, -0.2) is 22.8 Å². The van der Waals surface area contributed by atoms with Gasteiger partial charge in [0.05, 0.1) is 11.6 Å². The normalized spacial score (nSPS) is 12.4. The van der Waals surface area contributed by atoms with E-state index in [1.54, 1.807) is 18.0 Å². The summed E-state index contributed by atoms with van der Waals surface area (Å²) in [4.78, 5) is 19.0. The molecule has 0 aliphatic carbocycles. The van der Waals surface area contributed by atoms with Gasteiger partial charge in [-0.2, -0.15) is 0 Å². The molecule has 0 radical (unpaired) electrons. The summed E-state index contributed by atoms with van der Waals surface area (Å²) in [6.45, 7) is 1.96. The minimum absolute atomic E-state index is 0.126. The van der Waals surface area contributed by atoms with Crippen molar-refractivity contribution in [2.45, 2.75) is 13.0 Å². The molecule has 0 bridgehead atoms. The van der Waals surface area contributed by atoms with Gasteiger partial charge in [-0.15, -0.1) is 0 Å². The average molecular weight is 330 g/mol. The predicted molar refractivity (Wildman–Crippen MR) is 98.5 cm³/mol. The molecule has 4 rings (SSSR count). The van der Waals surface area contributed by atoms with Crippen LogP contribution in [0.4, 0.5) is 0 Å². The minimum atomic E-state index is -0.187. The average Bonchev–Trinajstić information content (AvgIpc) is 3.10. The molecule has 0 unspecified atom stereocenters. The van der Waals surface area contributed by atoms with E-state index in [0.717, 1.165) is 27.6 Å². The summed E-state index contributed by atoms with van der Waals surface area (Å²) in [5.74, 6) is 0.636. The third kappa shape index (κ3) is 2.76. The number of aromatic nitrogens is 1. The predicted octanol–water partition coefficient (Wildman–Crippen LogP) is 4.81. The SMILES string of the molecule is C[C@H](c1cc2ccccc2o1)N(C)C(=O)c1ccc2ccccc2n1. The van der Waals surface area contributed by atoms with E-state index in [0.29, 0.717) is 5.69 Å². The number of para-hydroxylation sites is 2. The van der Waals surface area contributed by atoms with Crippen molar-refractivity contribution in [1.29, 1.82) is 0 Å². The molecule has 0 aliphatic rings. The van der Waals surface area contributed by atoms with Crippen molar-refractivity contribution in [3.8, 4) is 0 Å². The van der Waals surface area contributed by atoms with Gasteiger partial charge in [-0.05, 0) is 31.2 Å². The number of fused-ring (bicyclic) bond motifs is 2. The Balaban J connectivity index is 1.63. The van der Waals surface area contributed by atoms with Gasteiger partial charge in [0.15, 0.2) is 0 Å². The Hall–Kier alpha value is -3.14. The number of furan rings is 1. The Bertz CT molecular complexity index is 1030. The first kappa shape index (κ1) is 15.4.